The van der Waals surface area contributed by atoms with Gasteiger partial charge in [0.25, 0.3) is 0 Å². The Morgan fingerprint density at radius 3 is 2.64 bits per heavy atom. The van der Waals surface area contributed by atoms with Gasteiger partial charge in [-0.15, -0.1) is 0 Å². The zero-order valence-corrected chi connectivity index (χ0v) is 12.6. The first-order valence-electron chi connectivity index (χ1n) is 6.66. The SMILES string of the molecule is CC(=O)Nc1cc(N(C)C)ccc1/N=N/c1cccc[n+]1[O-]. The second-order valence-corrected chi connectivity index (χ2v) is 4.86. The lowest BCUT2D eigenvalue weighted by molar-refractivity contribution is -0.591. The minimum atomic E-state index is -0.203. The summed E-state index contributed by atoms with van der Waals surface area (Å²) in [7, 11) is 3.80. The molecular formula is C15H17N5O2. The first-order valence-corrected chi connectivity index (χ1v) is 6.66. The number of nitrogens with one attached hydrogen (secondary N) is 1. The lowest BCUT2D eigenvalue weighted by Gasteiger charge is -2.14. The fraction of sp³-hybridized carbons (Fsp3) is 0.200. The van der Waals surface area contributed by atoms with Gasteiger partial charge in [0.15, 0.2) is 0 Å². The molecule has 0 fully saturated rings. The van der Waals surface area contributed by atoms with Crippen molar-refractivity contribution < 1.29 is 9.52 Å². The summed E-state index contributed by atoms with van der Waals surface area (Å²) in [5.74, 6) is -0.0288. The van der Waals surface area contributed by atoms with E-state index in [1.165, 1.54) is 13.1 Å². The number of benzene rings is 1. The molecule has 1 aromatic heterocycles. The maximum atomic E-state index is 11.5. The summed E-state index contributed by atoms with van der Waals surface area (Å²) in [5, 5.41) is 22.2. The molecule has 114 valence electrons. The van der Waals surface area contributed by atoms with E-state index < -0.39 is 0 Å². The maximum Gasteiger partial charge on any atom is 0.353 e. The van der Waals surface area contributed by atoms with Crippen LogP contribution < -0.4 is 14.9 Å². The van der Waals surface area contributed by atoms with Crippen LogP contribution in [0, 0.1) is 5.21 Å². The molecule has 7 nitrogen and oxygen atoms in total. The molecule has 0 saturated carbocycles. The number of anilines is 2. The molecule has 0 atom stereocenters. The van der Waals surface area contributed by atoms with Crippen LogP contribution in [0.5, 0.6) is 0 Å². The number of hydrogen-bond acceptors (Lipinski definition) is 5. The summed E-state index contributed by atoms with van der Waals surface area (Å²) < 4.78 is 0.621. The summed E-state index contributed by atoms with van der Waals surface area (Å²) in [5.41, 5.74) is 1.93. The van der Waals surface area contributed by atoms with Gasteiger partial charge in [-0.2, -0.15) is 0 Å². The Morgan fingerprint density at radius 1 is 1.23 bits per heavy atom. The number of amides is 1. The number of nitrogens with zero attached hydrogens (tertiary/aromatic N) is 4. The predicted octanol–water partition coefficient (Wildman–Crippen LogP) is 2.76. The van der Waals surface area contributed by atoms with Crippen LogP contribution in [0.15, 0.2) is 52.8 Å². The lowest BCUT2D eigenvalue weighted by Crippen LogP contribution is -2.24. The fourth-order valence-electron chi connectivity index (χ4n) is 1.78. The summed E-state index contributed by atoms with van der Waals surface area (Å²) in [6, 6.07) is 10.3. The number of aromatic nitrogens is 1. The molecule has 0 aliphatic rings. The molecule has 2 rings (SSSR count). The van der Waals surface area contributed by atoms with E-state index >= 15 is 0 Å². The third kappa shape index (κ3) is 3.78. The first-order chi connectivity index (χ1) is 10.5. The van der Waals surface area contributed by atoms with Crippen LogP contribution in [0.25, 0.3) is 0 Å². The number of hydrogen-bond donors (Lipinski definition) is 1. The monoisotopic (exact) mass is 299 g/mol. The zero-order valence-electron chi connectivity index (χ0n) is 12.6. The van der Waals surface area contributed by atoms with Gasteiger partial charge < -0.3 is 15.4 Å². The second kappa shape index (κ2) is 6.66. The summed E-state index contributed by atoms with van der Waals surface area (Å²) in [6.07, 6.45) is 1.35. The zero-order chi connectivity index (χ0) is 16.1. The van der Waals surface area contributed by atoms with Crippen molar-refractivity contribution in [3.8, 4) is 0 Å². The Bertz CT molecular complexity index is 713. The van der Waals surface area contributed by atoms with Crippen LogP contribution in [-0.4, -0.2) is 20.0 Å². The van der Waals surface area contributed by atoms with E-state index in [-0.39, 0.29) is 11.7 Å². The summed E-state index contributed by atoms with van der Waals surface area (Å²) in [4.78, 5) is 13.2. The number of carbonyl (C=O) groups excluding carboxylic acids is 1. The molecule has 0 aliphatic carbocycles. The van der Waals surface area contributed by atoms with E-state index in [4.69, 9.17) is 0 Å². The van der Waals surface area contributed by atoms with Crippen molar-refractivity contribution in [1.82, 2.24) is 0 Å². The van der Waals surface area contributed by atoms with Gasteiger partial charge in [-0.3, -0.25) is 4.79 Å². The Balaban J connectivity index is 2.37. The summed E-state index contributed by atoms with van der Waals surface area (Å²) in [6.45, 7) is 1.42. The molecule has 7 heteroatoms. The minimum absolute atomic E-state index is 0.174. The van der Waals surface area contributed by atoms with Crippen LogP contribution in [0.4, 0.5) is 22.9 Å². The van der Waals surface area contributed by atoms with Gasteiger partial charge in [0.2, 0.25) is 5.91 Å². The highest BCUT2D eigenvalue weighted by Gasteiger charge is 2.09. The molecule has 0 spiro atoms. The van der Waals surface area contributed by atoms with Gasteiger partial charge >= 0.3 is 5.82 Å². The predicted molar refractivity (Wildman–Crippen MR) is 84.7 cm³/mol. The van der Waals surface area contributed by atoms with Gasteiger partial charge in [-0.05, 0) is 29.4 Å². The average molecular weight is 299 g/mol. The largest absolute Gasteiger partial charge is 0.710 e. The highest BCUT2D eigenvalue weighted by Crippen LogP contribution is 2.30. The van der Waals surface area contributed by atoms with E-state index in [9.17, 15) is 10.0 Å². The molecule has 2 aromatic rings. The highest BCUT2D eigenvalue weighted by molar-refractivity contribution is 5.92. The topological polar surface area (TPSA) is 84.0 Å². The Labute approximate surface area is 128 Å². The van der Waals surface area contributed by atoms with Crippen molar-refractivity contribution in [2.45, 2.75) is 6.92 Å². The van der Waals surface area contributed by atoms with Crippen LogP contribution in [0.3, 0.4) is 0 Å². The van der Waals surface area contributed by atoms with E-state index in [2.05, 4.69) is 15.5 Å². The van der Waals surface area contributed by atoms with Crippen molar-refractivity contribution in [3.05, 3.63) is 47.8 Å². The third-order valence-electron chi connectivity index (χ3n) is 2.87. The quantitative estimate of drug-likeness (QED) is 0.535. The number of pyridine rings is 1. The van der Waals surface area contributed by atoms with Crippen LogP contribution >= 0.6 is 0 Å². The van der Waals surface area contributed by atoms with Crippen molar-refractivity contribution in [2.24, 2.45) is 10.2 Å². The molecule has 0 unspecified atom stereocenters. The van der Waals surface area contributed by atoms with E-state index in [0.717, 1.165) is 5.69 Å². The van der Waals surface area contributed by atoms with Gasteiger partial charge in [0, 0.05) is 32.8 Å². The van der Waals surface area contributed by atoms with Crippen LogP contribution in [0.2, 0.25) is 0 Å². The van der Waals surface area contributed by atoms with E-state index in [0.29, 0.717) is 16.1 Å². The van der Waals surface area contributed by atoms with Gasteiger partial charge in [-0.25, -0.2) is 4.73 Å². The van der Waals surface area contributed by atoms with Crippen molar-refractivity contribution in [2.75, 3.05) is 24.3 Å². The normalized spacial score (nSPS) is 10.7. The second-order valence-electron chi connectivity index (χ2n) is 4.86. The molecule has 0 radical (unpaired) electrons. The van der Waals surface area contributed by atoms with E-state index in [1.807, 2.05) is 25.1 Å². The van der Waals surface area contributed by atoms with Crippen molar-refractivity contribution >= 4 is 28.8 Å². The Hall–Kier alpha value is -2.96. The fourth-order valence-corrected chi connectivity index (χ4v) is 1.78. The number of carbonyl (C=O) groups is 1. The number of rotatable bonds is 4. The molecule has 1 N–H and O–H groups in total. The van der Waals surface area contributed by atoms with Crippen LogP contribution in [-0.2, 0) is 4.79 Å². The average Bonchev–Trinajstić information content (AvgIpc) is 2.46. The third-order valence-corrected chi connectivity index (χ3v) is 2.87. The Morgan fingerprint density at radius 2 is 2.00 bits per heavy atom. The van der Waals surface area contributed by atoms with Crippen molar-refractivity contribution in [1.29, 1.82) is 0 Å². The van der Waals surface area contributed by atoms with Crippen LogP contribution in [0.1, 0.15) is 6.92 Å². The molecule has 0 bridgehead atoms. The molecule has 1 aromatic carbocycles. The molecule has 0 saturated heterocycles. The molecule has 1 amide bonds. The Kier molecular flexibility index (Phi) is 4.67. The first kappa shape index (κ1) is 15.4. The number of azo groups is 1. The highest BCUT2D eigenvalue weighted by atomic mass is 16.5. The smallest absolute Gasteiger partial charge is 0.353 e. The summed E-state index contributed by atoms with van der Waals surface area (Å²) >= 11 is 0. The standard InChI is InChI=1S/C15H17N5O2/c1-11(21)16-14-10-12(19(2)3)7-8-13(14)17-18-15-6-4-5-9-20(15)22/h4-10H,1-3H3,(H,16,21)/b18-17+. The van der Waals surface area contributed by atoms with Gasteiger partial charge in [-0.1, -0.05) is 6.07 Å². The minimum Gasteiger partial charge on any atom is -0.710 e. The molecule has 0 aliphatic heterocycles. The van der Waals surface area contributed by atoms with Gasteiger partial charge in [0.1, 0.15) is 5.69 Å². The van der Waals surface area contributed by atoms with Crippen molar-refractivity contribution in [3.63, 3.8) is 0 Å². The van der Waals surface area contributed by atoms with Gasteiger partial charge in [0.05, 0.1) is 17.0 Å². The molecular weight excluding hydrogens is 282 g/mol. The van der Waals surface area contributed by atoms with E-state index in [1.54, 1.807) is 30.3 Å². The molecule has 22 heavy (non-hydrogen) atoms. The molecule has 1 heterocycles. The lowest BCUT2D eigenvalue weighted by atomic mass is 10.2. The maximum absolute atomic E-state index is 11.5.